The predicted octanol–water partition coefficient (Wildman–Crippen LogP) is 4.58. The van der Waals surface area contributed by atoms with Crippen LogP contribution in [0.4, 0.5) is 5.69 Å². The largest absolute Gasteiger partial charge is 0.444 e. The van der Waals surface area contributed by atoms with Gasteiger partial charge in [0.05, 0.1) is 25.4 Å². The van der Waals surface area contributed by atoms with E-state index in [1.54, 1.807) is 13.4 Å². The highest BCUT2D eigenvalue weighted by molar-refractivity contribution is 14.0. The summed E-state index contributed by atoms with van der Waals surface area (Å²) in [5.41, 5.74) is 5.22. The van der Waals surface area contributed by atoms with E-state index in [1.165, 1.54) is 5.56 Å². The van der Waals surface area contributed by atoms with Crippen LogP contribution in [0.5, 0.6) is 0 Å². The summed E-state index contributed by atoms with van der Waals surface area (Å²) in [5, 5.41) is 9.90. The highest BCUT2D eigenvalue weighted by Gasteiger charge is 2.07. The second-order valence-electron chi connectivity index (χ2n) is 7.18. The average Bonchev–Trinajstić information content (AvgIpc) is 3.26. The number of benzene rings is 2. The van der Waals surface area contributed by atoms with Gasteiger partial charge >= 0.3 is 0 Å². The molecule has 0 bridgehead atoms. The maximum absolute atomic E-state index is 5.63. The molecule has 0 radical (unpaired) electrons. The zero-order chi connectivity index (χ0) is 21.9. The first-order valence-electron chi connectivity index (χ1n) is 10.5. The molecule has 0 amide bonds. The smallest absolute Gasteiger partial charge is 0.226 e. The number of nitrogens with one attached hydrogen (secondary N) is 3. The Kier molecular flexibility index (Phi) is 11.0. The zero-order valence-electron chi connectivity index (χ0n) is 18.9. The lowest BCUT2D eigenvalue weighted by atomic mass is 10.1. The van der Waals surface area contributed by atoms with Crippen molar-refractivity contribution in [3.05, 3.63) is 71.6 Å². The van der Waals surface area contributed by atoms with Gasteiger partial charge in [0.25, 0.3) is 0 Å². The molecule has 0 unspecified atom stereocenters. The third-order valence-corrected chi connectivity index (χ3v) is 4.64. The van der Waals surface area contributed by atoms with Crippen LogP contribution < -0.4 is 16.0 Å². The lowest BCUT2D eigenvalue weighted by Crippen LogP contribution is -2.36. The number of nitrogens with zero attached hydrogens (tertiary/aromatic N) is 2. The molecular formula is C24H32IN5O2. The van der Waals surface area contributed by atoms with Gasteiger partial charge in [-0.25, -0.2) is 9.98 Å². The summed E-state index contributed by atoms with van der Waals surface area (Å²) in [7, 11) is 1.70. The number of methoxy groups -OCH3 is 1. The van der Waals surface area contributed by atoms with Gasteiger partial charge in [0.15, 0.2) is 5.96 Å². The molecule has 32 heavy (non-hydrogen) atoms. The van der Waals surface area contributed by atoms with E-state index in [-0.39, 0.29) is 24.0 Å². The monoisotopic (exact) mass is 549 g/mol. The zero-order valence-corrected chi connectivity index (χ0v) is 21.2. The van der Waals surface area contributed by atoms with E-state index in [0.717, 1.165) is 41.6 Å². The first kappa shape index (κ1) is 25.7. The number of halogens is 1. The first-order chi connectivity index (χ1) is 15.2. The van der Waals surface area contributed by atoms with Crippen LogP contribution in [0.3, 0.4) is 0 Å². The highest BCUT2D eigenvalue weighted by Crippen LogP contribution is 2.19. The number of aryl methyl sites for hydroxylation is 1. The number of aromatic nitrogens is 1. The average molecular weight is 549 g/mol. The number of rotatable bonds is 10. The molecule has 0 aliphatic heterocycles. The molecule has 1 heterocycles. The molecule has 3 rings (SSSR count). The lowest BCUT2D eigenvalue weighted by Gasteiger charge is -2.10. The van der Waals surface area contributed by atoms with Gasteiger partial charge in [-0.05, 0) is 43.7 Å². The van der Waals surface area contributed by atoms with Crippen LogP contribution in [-0.2, 0) is 17.8 Å². The van der Waals surface area contributed by atoms with Crippen molar-refractivity contribution in [3.63, 3.8) is 0 Å². The molecule has 7 nitrogen and oxygen atoms in total. The summed E-state index contributed by atoms with van der Waals surface area (Å²) in [6.45, 7) is 7.47. The minimum Gasteiger partial charge on any atom is -0.444 e. The van der Waals surface area contributed by atoms with Gasteiger partial charge in [0.1, 0.15) is 6.26 Å². The minimum absolute atomic E-state index is 0. The van der Waals surface area contributed by atoms with E-state index in [1.807, 2.05) is 19.1 Å². The van der Waals surface area contributed by atoms with Gasteiger partial charge in [-0.3, -0.25) is 0 Å². The number of hydrogen-bond acceptors (Lipinski definition) is 5. The van der Waals surface area contributed by atoms with Crippen LogP contribution in [0, 0.1) is 6.92 Å². The van der Waals surface area contributed by atoms with Crippen LogP contribution >= 0.6 is 24.0 Å². The molecule has 0 spiro atoms. The quantitative estimate of drug-likeness (QED) is 0.149. The van der Waals surface area contributed by atoms with Gasteiger partial charge in [-0.15, -0.1) is 24.0 Å². The Morgan fingerprint density at radius 1 is 1.06 bits per heavy atom. The molecule has 0 saturated carbocycles. The maximum Gasteiger partial charge on any atom is 0.226 e. The number of hydrogen-bond donors (Lipinski definition) is 3. The maximum atomic E-state index is 5.63. The SMILES string of the molecule is CCNC(=NCc1ccc(NCCOC)cc1)NCc1coc(-c2ccc(C)cc2)n1.I. The van der Waals surface area contributed by atoms with Crippen molar-refractivity contribution in [2.24, 2.45) is 4.99 Å². The third kappa shape index (κ3) is 8.16. The van der Waals surface area contributed by atoms with E-state index < -0.39 is 0 Å². The standard InChI is InChI=1S/C24H31N5O2.HI/c1-4-25-24(27-15-19-7-11-21(12-8-19)26-13-14-30-3)28-16-22-17-31-23(29-22)20-9-5-18(2)6-10-20;/h5-12,17,26H,4,13-16H2,1-3H3,(H2,25,27,28);1H. The Balaban J connectivity index is 0.00000363. The second kappa shape index (κ2) is 13.7. The summed E-state index contributed by atoms with van der Waals surface area (Å²) in [5.74, 6) is 1.36. The normalized spacial score (nSPS) is 11.0. The predicted molar refractivity (Wildman–Crippen MR) is 141 cm³/mol. The van der Waals surface area contributed by atoms with Crippen molar-refractivity contribution < 1.29 is 9.15 Å². The van der Waals surface area contributed by atoms with Gasteiger partial charge < -0.3 is 25.1 Å². The van der Waals surface area contributed by atoms with Crippen molar-refractivity contribution in [2.45, 2.75) is 26.9 Å². The van der Waals surface area contributed by atoms with Crippen LogP contribution in [0.2, 0.25) is 0 Å². The summed E-state index contributed by atoms with van der Waals surface area (Å²) >= 11 is 0. The van der Waals surface area contributed by atoms with Crippen molar-refractivity contribution in [2.75, 3.05) is 32.1 Å². The molecule has 2 aromatic carbocycles. The Bertz CT molecular complexity index is 955. The number of aliphatic imine (C=N–C) groups is 1. The van der Waals surface area contributed by atoms with Gasteiger partial charge in [0, 0.05) is 31.5 Å². The Labute approximate surface area is 207 Å². The molecule has 0 saturated heterocycles. The van der Waals surface area contributed by atoms with Gasteiger partial charge in [-0.2, -0.15) is 0 Å². The number of guanidine groups is 1. The second-order valence-corrected chi connectivity index (χ2v) is 7.18. The first-order valence-corrected chi connectivity index (χ1v) is 10.5. The van der Waals surface area contributed by atoms with Crippen LogP contribution in [0.15, 0.2) is 64.2 Å². The summed E-state index contributed by atoms with van der Waals surface area (Å²) < 4.78 is 10.7. The van der Waals surface area contributed by atoms with Crippen LogP contribution in [0.1, 0.15) is 23.7 Å². The van der Waals surface area contributed by atoms with Crippen molar-refractivity contribution >= 4 is 35.6 Å². The van der Waals surface area contributed by atoms with E-state index in [9.17, 15) is 0 Å². The van der Waals surface area contributed by atoms with Crippen LogP contribution in [-0.4, -0.2) is 37.7 Å². The molecule has 3 N–H and O–H groups in total. The summed E-state index contributed by atoms with van der Waals surface area (Å²) in [6.07, 6.45) is 1.68. The Hall–Kier alpha value is -2.59. The fourth-order valence-corrected chi connectivity index (χ4v) is 2.93. The van der Waals surface area contributed by atoms with Crippen molar-refractivity contribution in [1.29, 1.82) is 0 Å². The molecule has 0 atom stereocenters. The molecule has 8 heteroatoms. The summed E-state index contributed by atoms with van der Waals surface area (Å²) in [6, 6.07) is 16.4. The molecule has 1 aromatic heterocycles. The molecule has 0 fully saturated rings. The number of anilines is 1. The summed E-state index contributed by atoms with van der Waals surface area (Å²) in [4.78, 5) is 9.25. The van der Waals surface area contributed by atoms with Gasteiger partial charge in [0.2, 0.25) is 5.89 Å². The van der Waals surface area contributed by atoms with Crippen molar-refractivity contribution in [1.82, 2.24) is 15.6 Å². The van der Waals surface area contributed by atoms with E-state index in [2.05, 4.69) is 69.2 Å². The molecule has 0 aliphatic carbocycles. The van der Waals surface area contributed by atoms with E-state index in [0.29, 0.717) is 25.6 Å². The fourth-order valence-electron chi connectivity index (χ4n) is 2.93. The highest BCUT2D eigenvalue weighted by atomic mass is 127. The Morgan fingerprint density at radius 3 is 2.50 bits per heavy atom. The molecule has 172 valence electrons. The minimum atomic E-state index is 0. The third-order valence-electron chi connectivity index (χ3n) is 4.64. The number of oxazole rings is 1. The fraction of sp³-hybridized carbons (Fsp3) is 0.333. The van der Waals surface area contributed by atoms with E-state index in [4.69, 9.17) is 9.15 Å². The number of ether oxygens (including phenoxy) is 1. The van der Waals surface area contributed by atoms with Crippen LogP contribution in [0.25, 0.3) is 11.5 Å². The van der Waals surface area contributed by atoms with Crippen molar-refractivity contribution in [3.8, 4) is 11.5 Å². The van der Waals surface area contributed by atoms with E-state index >= 15 is 0 Å². The molecular weight excluding hydrogens is 517 g/mol. The lowest BCUT2D eigenvalue weighted by molar-refractivity contribution is 0.211. The Morgan fingerprint density at radius 2 is 1.81 bits per heavy atom. The topological polar surface area (TPSA) is 83.7 Å². The molecule has 0 aliphatic rings. The van der Waals surface area contributed by atoms with Gasteiger partial charge in [-0.1, -0.05) is 29.8 Å². The molecule has 3 aromatic rings.